The van der Waals surface area contributed by atoms with Gasteiger partial charge < -0.3 is 9.64 Å². The van der Waals surface area contributed by atoms with Gasteiger partial charge in [-0.25, -0.2) is 4.98 Å². The SMILES string of the molecule is CCC(c1nc2ccccc2c(=O)n1CCOC)N1CCN(C(=O)c2ccc(Br)cc2)C(C)C1. The number of hydrogen-bond donors (Lipinski definition) is 0. The molecule has 0 spiro atoms. The monoisotopic (exact) mass is 526 g/mol. The van der Waals surface area contributed by atoms with Crippen molar-refractivity contribution in [1.82, 2.24) is 19.4 Å². The minimum absolute atomic E-state index is 0.0263. The molecule has 1 aromatic heterocycles. The van der Waals surface area contributed by atoms with Crippen molar-refractivity contribution in [2.24, 2.45) is 0 Å². The van der Waals surface area contributed by atoms with Gasteiger partial charge in [-0.15, -0.1) is 0 Å². The molecule has 2 aromatic carbocycles. The Bertz CT molecular complexity index is 1210. The van der Waals surface area contributed by atoms with Crippen molar-refractivity contribution in [1.29, 1.82) is 0 Å². The Morgan fingerprint density at radius 2 is 1.91 bits per heavy atom. The molecular formula is C26H31BrN4O3. The largest absolute Gasteiger partial charge is 0.383 e. The predicted octanol–water partition coefficient (Wildman–Crippen LogP) is 4.10. The van der Waals surface area contributed by atoms with Gasteiger partial charge >= 0.3 is 0 Å². The quantitative estimate of drug-likeness (QED) is 0.463. The minimum atomic E-state index is -0.0341. The highest BCUT2D eigenvalue weighted by Crippen LogP contribution is 2.27. The van der Waals surface area contributed by atoms with Gasteiger partial charge in [-0.1, -0.05) is 35.0 Å². The molecule has 180 valence electrons. The number of amides is 1. The molecule has 2 atom stereocenters. The average Bonchev–Trinajstić information content (AvgIpc) is 2.84. The third-order valence-corrected chi connectivity index (χ3v) is 7.08. The van der Waals surface area contributed by atoms with Crippen molar-refractivity contribution >= 4 is 32.7 Å². The van der Waals surface area contributed by atoms with Gasteiger partial charge in [0, 0.05) is 42.8 Å². The molecule has 8 heteroatoms. The Balaban J connectivity index is 1.61. The number of fused-ring (bicyclic) bond motifs is 1. The van der Waals surface area contributed by atoms with E-state index in [1.54, 1.807) is 11.7 Å². The van der Waals surface area contributed by atoms with Crippen LogP contribution in [0.5, 0.6) is 0 Å². The van der Waals surface area contributed by atoms with E-state index in [4.69, 9.17) is 9.72 Å². The molecule has 2 unspecified atom stereocenters. The Morgan fingerprint density at radius 1 is 1.18 bits per heavy atom. The second-order valence-corrected chi connectivity index (χ2v) is 9.63. The van der Waals surface area contributed by atoms with Crippen LogP contribution in [-0.2, 0) is 11.3 Å². The van der Waals surface area contributed by atoms with E-state index in [-0.39, 0.29) is 23.6 Å². The normalized spacial score (nSPS) is 17.8. The summed E-state index contributed by atoms with van der Waals surface area (Å²) < 4.78 is 8.01. The number of nitrogens with zero attached hydrogens (tertiary/aromatic N) is 4. The Morgan fingerprint density at radius 3 is 2.59 bits per heavy atom. The van der Waals surface area contributed by atoms with Crippen LogP contribution >= 0.6 is 15.9 Å². The molecule has 0 aliphatic carbocycles. The summed E-state index contributed by atoms with van der Waals surface area (Å²) in [6, 6.07) is 15.0. The lowest BCUT2D eigenvalue weighted by atomic mass is 10.1. The number of piperazine rings is 1. The van der Waals surface area contributed by atoms with Crippen LogP contribution in [0.1, 0.15) is 42.5 Å². The van der Waals surface area contributed by atoms with E-state index < -0.39 is 0 Å². The first-order valence-corrected chi connectivity index (χ1v) is 12.5. The van der Waals surface area contributed by atoms with Gasteiger partial charge in [0.2, 0.25) is 0 Å². The number of benzene rings is 2. The zero-order valence-electron chi connectivity index (χ0n) is 19.9. The van der Waals surface area contributed by atoms with Crippen molar-refractivity contribution in [3.63, 3.8) is 0 Å². The molecule has 1 aliphatic heterocycles. The minimum Gasteiger partial charge on any atom is -0.383 e. The molecule has 34 heavy (non-hydrogen) atoms. The van der Waals surface area contributed by atoms with E-state index in [2.05, 4.69) is 34.7 Å². The molecule has 0 N–H and O–H groups in total. The molecular weight excluding hydrogens is 496 g/mol. The topological polar surface area (TPSA) is 67.7 Å². The molecule has 2 heterocycles. The summed E-state index contributed by atoms with van der Waals surface area (Å²) in [5.41, 5.74) is 1.38. The third kappa shape index (κ3) is 4.94. The lowest BCUT2D eigenvalue weighted by Gasteiger charge is -2.43. The highest BCUT2D eigenvalue weighted by atomic mass is 79.9. The maximum absolute atomic E-state index is 13.3. The molecule has 1 amide bonds. The number of carbonyl (C=O) groups excluding carboxylic acids is 1. The number of methoxy groups -OCH3 is 1. The first-order valence-electron chi connectivity index (χ1n) is 11.7. The fourth-order valence-corrected chi connectivity index (χ4v) is 5.04. The summed E-state index contributed by atoms with van der Waals surface area (Å²) in [5, 5.41) is 0.621. The molecule has 4 rings (SSSR count). The van der Waals surface area contributed by atoms with Crippen molar-refractivity contribution in [3.05, 3.63) is 74.7 Å². The lowest BCUT2D eigenvalue weighted by molar-refractivity contribution is 0.0358. The molecule has 3 aromatic rings. The fraction of sp³-hybridized carbons (Fsp3) is 0.423. The van der Waals surface area contributed by atoms with Crippen LogP contribution in [-0.4, -0.2) is 64.7 Å². The molecule has 1 aliphatic rings. The smallest absolute Gasteiger partial charge is 0.261 e. The number of aromatic nitrogens is 2. The first kappa shape index (κ1) is 24.6. The molecule has 0 saturated carbocycles. The van der Waals surface area contributed by atoms with Crippen molar-refractivity contribution in [2.45, 2.75) is 38.9 Å². The summed E-state index contributed by atoms with van der Waals surface area (Å²) in [4.78, 5) is 35.7. The maximum atomic E-state index is 13.3. The van der Waals surface area contributed by atoms with E-state index in [1.165, 1.54) is 0 Å². The number of halogens is 1. The maximum Gasteiger partial charge on any atom is 0.261 e. The zero-order chi connectivity index (χ0) is 24.2. The number of hydrogen-bond acceptors (Lipinski definition) is 5. The molecule has 0 bridgehead atoms. The van der Waals surface area contributed by atoms with Crippen LogP contribution in [0.4, 0.5) is 0 Å². The second-order valence-electron chi connectivity index (χ2n) is 8.71. The van der Waals surface area contributed by atoms with Gasteiger partial charge in [-0.05, 0) is 49.7 Å². The summed E-state index contributed by atoms with van der Waals surface area (Å²) in [7, 11) is 1.64. The van der Waals surface area contributed by atoms with E-state index in [0.29, 0.717) is 42.7 Å². The number of para-hydroxylation sites is 1. The summed E-state index contributed by atoms with van der Waals surface area (Å²) in [6.07, 6.45) is 0.811. The Hall–Kier alpha value is -2.55. The van der Waals surface area contributed by atoms with E-state index >= 15 is 0 Å². The van der Waals surface area contributed by atoms with E-state index in [0.717, 1.165) is 23.3 Å². The zero-order valence-corrected chi connectivity index (χ0v) is 21.5. The summed E-state index contributed by atoms with van der Waals surface area (Å²) >= 11 is 3.43. The molecule has 7 nitrogen and oxygen atoms in total. The molecule has 1 fully saturated rings. The third-order valence-electron chi connectivity index (χ3n) is 6.55. The number of rotatable bonds is 7. The van der Waals surface area contributed by atoms with Crippen molar-refractivity contribution < 1.29 is 9.53 Å². The molecule has 0 radical (unpaired) electrons. The Kier molecular flexibility index (Phi) is 7.80. The highest BCUT2D eigenvalue weighted by molar-refractivity contribution is 9.10. The van der Waals surface area contributed by atoms with E-state index in [9.17, 15) is 9.59 Å². The number of ether oxygens (including phenoxy) is 1. The average molecular weight is 527 g/mol. The van der Waals surface area contributed by atoms with Crippen LogP contribution in [0.25, 0.3) is 10.9 Å². The van der Waals surface area contributed by atoms with Crippen molar-refractivity contribution in [3.8, 4) is 0 Å². The van der Waals surface area contributed by atoms with Crippen molar-refractivity contribution in [2.75, 3.05) is 33.4 Å². The predicted molar refractivity (Wildman–Crippen MR) is 137 cm³/mol. The second kappa shape index (κ2) is 10.8. The van der Waals surface area contributed by atoms with Crippen LogP contribution < -0.4 is 5.56 Å². The van der Waals surface area contributed by atoms with E-state index in [1.807, 2.05) is 53.4 Å². The van der Waals surface area contributed by atoms with Crippen LogP contribution in [0.15, 0.2) is 57.8 Å². The van der Waals surface area contributed by atoms with Gasteiger partial charge in [0.05, 0.1) is 30.1 Å². The van der Waals surface area contributed by atoms with Gasteiger partial charge in [0.1, 0.15) is 5.82 Å². The van der Waals surface area contributed by atoms with Gasteiger partial charge in [-0.3, -0.25) is 19.1 Å². The van der Waals surface area contributed by atoms with Gasteiger partial charge in [0.15, 0.2) is 0 Å². The van der Waals surface area contributed by atoms with Crippen LogP contribution in [0.3, 0.4) is 0 Å². The highest BCUT2D eigenvalue weighted by Gasteiger charge is 2.33. The van der Waals surface area contributed by atoms with Gasteiger partial charge in [0.25, 0.3) is 11.5 Å². The first-order chi connectivity index (χ1) is 16.4. The fourth-order valence-electron chi connectivity index (χ4n) is 4.77. The number of carbonyl (C=O) groups is 1. The Labute approximate surface area is 208 Å². The molecule has 1 saturated heterocycles. The standard InChI is InChI=1S/C26H31BrN4O3/c1-4-23(24-28-22-8-6-5-7-21(22)26(33)31(24)15-16-34-3)29-13-14-30(18(2)17-29)25(32)19-9-11-20(27)12-10-19/h5-12,18,23H,4,13-17H2,1-3H3. The lowest BCUT2D eigenvalue weighted by Crippen LogP contribution is -2.55. The van der Waals surface area contributed by atoms with Gasteiger partial charge in [-0.2, -0.15) is 0 Å². The summed E-state index contributed by atoms with van der Waals surface area (Å²) in [6.45, 7) is 7.16. The van der Waals surface area contributed by atoms with Crippen LogP contribution in [0.2, 0.25) is 0 Å². The van der Waals surface area contributed by atoms with Crippen LogP contribution in [0, 0.1) is 0 Å². The summed E-state index contributed by atoms with van der Waals surface area (Å²) in [5.74, 6) is 0.816.